The fraction of sp³-hybridized carbons (Fsp3) is 0.538. The summed E-state index contributed by atoms with van der Waals surface area (Å²) >= 11 is 0. The van der Waals surface area contributed by atoms with Crippen molar-refractivity contribution in [3.8, 4) is 5.75 Å². The molecule has 1 unspecified atom stereocenters. The Kier molecular flexibility index (Phi) is 4.64. The van der Waals surface area contributed by atoms with Crippen LogP contribution in [-0.4, -0.2) is 57.3 Å². The molecule has 7 heteroatoms. The number of aliphatic hydroxyl groups excluding tert-OH is 1. The third-order valence-corrected chi connectivity index (χ3v) is 5.13. The SMILES string of the molecule is COc1ccc(C)cc1S(=O)(=O)N1CCOC(CO)C1. The van der Waals surface area contributed by atoms with Gasteiger partial charge in [-0.1, -0.05) is 6.07 Å². The first-order valence-corrected chi connectivity index (χ1v) is 7.80. The second-order valence-corrected chi connectivity index (χ2v) is 6.60. The predicted octanol–water partition coefficient (Wildman–Crippen LogP) is 0.385. The van der Waals surface area contributed by atoms with Gasteiger partial charge in [-0.25, -0.2) is 8.42 Å². The van der Waals surface area contributed by atoms with Gasteiger partial charge in [0, 0.05) is 13.1 Å². The molecule has 1 atom stereocenters. The molecule has 1 N–H and O–H groups in total. The number of aryl methyl sites for hydroxylation is 1. The van der Waals surface area contributed by atoms with Crippen LogP contribution in [0.2, 0.25) is 0 Å². The fourth-order valence-electron chi connectivity index (χ4n) is 2.15. The molecule has 1 saturated heterocycles. The number of hydrogen-bond acceptors (Lipinski definition) is 5. The van der Waals surface area contributed by atoms with Gasteiger partial charge in [-0.2, -0.15) is 4.31 Å². The molecule has 1 heterocycles. The molecular weight excluding hydrogens is 282 g/mol. The van der Waals surface area contributed by atoms with E-state index in [9.17, 15) is 8.42 Å². The van der Waals surface area contributed by atoms with Crippen LogP contribution in [0.1, 0.15) is 5.56 Å². The van der Waals surface area contributed by atoms with E-state index in [0.29, 0.717) is 5.75 Å². The van der Waals surface area contributed by atoms with Crippen LogP contribution in [0, 0.1) is 6.92 Å². The third-order valence-electron chi connectivity index (χ3n) is 3.24. The van der Waals surface area contributed by atoms with E-state index in [1.165, 1.54) is 11.4 Å². The zero-order valence-corrected chi connectivity index (χ0v) is 12.4. The van der Waals surface area contributed by atoms with E-state index in [1.807, 2.05) is 6.92 Å². The van der Waals surface area contributed by atoms with Crippen molar-refractivity contribution in [2.24, 2.45) is 0 Å². The van der Waals surface area contributed by atoms with Crippen molar-refractivity contribution < 1.29 is 23.0 Å². The van der Waals surface area contributed by atoms with E-state index in [1.54, 1.807) is 18.2 Å². The van der Waals surface area contributed by atoms with E-state index >= 15 is 0 Å². The molecule has 1 aromatic carbocycles. The molecule has 0 saturated carbocycles. The van der Waals surface area contributed by atoms with Crippen LogP contribution in [0.15, 0.2) is 23.1 Å². The number of aliphatic hydroxyl groups is 1. The largest absolute Gasteiger partial charge is 0.495 e. The molecule has 1 fully saturated rings. The summed E-state index contributed by atoms with van der Waals surface area (Å²) in [5.41, 5.74) is 0.844. The normalized spacial score (nSPS) is 20.9. The summed E-state index contributed by atoms with van der Waals surface area (Å²) in [6.45, 7) is 2.33. The number of sulfonamides is 1. The minimum absolute atomic E-state index is 0.149. The molecule has 0 aromatic heterocycles. The molecule has 112 valence electrons. The van der Waals surface area contributed by atoms with E-state index < -0.39 is 16.1 Å². The second kappa shape index (κ2) is 6.09. The lowest BCUT2D eigenvalue weighted by Gasteiger charge is -2.31. The van der Waals surface area contributed by atoms with Gasteiger partial charge in [0.05, 0.1) is 26.4 Å². The number of morpholine rings is 1. The Hall–Kier alpha value is -1.15. The van der Waals surface area contributed by atoms with Crippen LogP contribution in [0.25, 0.3) is 0 Å². The zero-order valence-electron chi connectivity index (χ0n) is 11.6. The Morgan fingerprint density at radius 2 is 2.25 bits per heavy atom. The second-order valence-electron chi connectivity index (χ2n) is 4.69. The van der Waals surface area contributed by atoms with Crippen molar-refractivity contribution in [3.63, 3.8) is 0 Å². The topological polar surface area (TPSA) is 76.1 Å². The van der Waals surface area contributed by atoms with Gasteiger partial charge in [0.15, 0.2) is 0 Å². The third kappa shape index (κ3) is 2.95. The van der Waals surface area contributed by atoms with Crippen LogP contribution in [0.4, 0.5) is 0 Å². The highest BCUT2D eigenvalue weighted by Gasteiger charge is 2.32. The summed E-state index contributed by atoms with van der Waals surface area (Å²) in [5.74, 6) is 0.322. The van der Waals surface area contributed by atoms with Gasteiger partial charge in [-0.15, -0.1) is 0 Å². The number of hydrogen-bond donors (Lipinski definition) is 1. The van der Waals surface area contributed by atoms with Gasteiger partial charge in [-0.05, 0) is 24.6 Å². The van der Waals surface area contributed by atoms with Crippen LogP contribution in [0.5, 0.6) is 5.75 Å². The molecule has 0 amide bonds. The average Bonchev–Trinajstić information content (AvgIpc) is 2.47. The number of nitrogens with zero attached hydrogens (tertiary/aromatic N) is 1. The minimum Gasteiger partial charge on any atom is -0.495 e. The molecule has 0 spiro atoms. The Labute approximate surface area is 119 Å². The monoisotopic (exact) mass is 301 g/mol. The lowest BCUT2D eigenvalue weighted by atomic mass is 10.2. The van der Waals surface area contributed by atoms with Crippen molar-refractivity contribution in [1.29, 1.82) is 0 Å². The highest BCUT2D eigenvalue weighted by atomic mass is 32.2. The van der Waals surface area contributed by atoms with Crippen LogP contribution in [-0.2, 0) is 14.8 Å². The number of benzene rings is 1. The van der Waals surface area contributed by atoms with Crippen LogP contribution < -0.4 is 4.74 Å². The summed E-state index contributed by atoms with van der Waals surface area (Å²) in [6.07, 6.45) is -0.477. The maximum Gasteiger partial charge on any atom is 0.246 e. The van der Waals surface area contributed by atoms with E-state index in [0.717, 1.165) is 5.56 Å². The molecular formula is C13H19NO5S. The van der Waals surface area contributed by atoms with Crippen LogP contribution in [0.3, 0.4) is 0 Å². The summed E-state index contributed by atoms with van der Waals surface area (Å²) in [7, 11) is -2.21. The number of methoxy groups -OCH3 is 1. The van der Waals surface area contributed by atoms with Crippen molar-refractivity contribution >= 4 is 10.0 Å². The van der Waals surface area contributed by atoms with Crippen molar-refractivity contribution in [2.75, 3.05) is 33.4 Å². The van der Waals surface area contributed by atoms with E-state index in [-0.39, 0.29) is 31.2 Å². The first kappa shape index (κ1) is 15.2. The molecule has 1 aliphatic heterocycles. The predicted molar refractivity (Wildman–Crippen MR) is 73.3 cm³/mol. The van der Waals surface area contributed by atoms with Gasteiger partial charge in [-0.3, -0.25) is 0 Å². The smallest absolute Gasteiger partial charge is 0.246 e. The zero-order chi connectivity index (χ0) is 14.8. The number of ether oxygens (including phenoxy) is 2. The standard InChI is InChI=1S/C13H19NO5S/c1-10-3-4-12(18-2)13(7-10)20(16,17)14-5-6-19-11(8-14)9-15/h3-4,7,11,15H,5-6,8-9H2,1-2H3. The average molecular weight is 301 g/mol. The molecule has 6 nitrogen and oxygen atoms in total. The Balaban J connectivity index is 2.37. The Morgan fingerprint density at radius 1 is 1.50 bits per heavy atom. The molecule has 2 rings (SSSR count). The minimum atomic E-state index is -3.65. The summed E-state index contributed by atoms with van der Waals surface area (Å²) < 4.78 is 37.1. The Bertz CT molecular complexity index is 572. The van der Waals surface area contributed by atoms with E-state index in [2.05, 4.69) is 0 Å². The molecule has 0 radical (unpaired) electrons. The summed E-state index contributed by atoms with van der Waals surface area (Å²) in [5, 5.41) is 9.12. The van der Waals surface area contributed by atoms with Crippen molar-refractivity contribution in [2.45, 2.75) is 17.9 Å². The van der Waals surface area contributed by atoms with Gasteiger partial charge in [0.25, 0.3) is 0 Å². The van der Waals surface area contributed by atoms with Gasteiger partial charge >= 0.3 is 0 Å². The highest BCUT2D eigenvalue weighted by molar-refractivity contribution is 7.89. The van der Waals surface area contributed by atoms with Gasteiger partial charge in [0.2, 0.25) is 10.0 Å². The molecule has 20 heavy (non-hydrogen) atoms. The maximum atomic E-state index is 12.7. The lowest BCUT2D eigenvalue weighted by molar-refractivity contribution is -0.0304. The van der Waals surface area contributed by atoms with Gasteiger partial charge < -0.3 is 14.6 Å². The Morgan fingerprint density at radius 3 is 2.90 bits per heavy atom. The summed E-state index contributed by atoms with van der Waals surface area (Å²) in [4.78, 5) is 0.151. The molecule has 0 bridgehead atoms. The van der Waals surface area contributed by atoms with Gasteiger partial charge in [0.1, 0.15) is 10.6 Å². The highest BCUT2D eigenvalue weighted by Crippen LogP contribution is 2.28. The maximum absolute atomic E-state index is 12.7. The first-order valence-electron chi connectivity index (χ1n) is 6.36. The van der Waals surface area contributed by atoms with Crippen LogP contribution >= 0.6 is 0 Å². The van der Waals surface area contributed by atoms with Crippen molar-refractivity contribution in [3.05, 3.63) is 23.8 Å². The van der Waals surface area contributed by atoms with Crippen molar-refractivity contribution in [1.82, 2.24) is 4.31 Å². The molecule has 0 aliphatic carbocycles. The number of rotatable bonds is 4. The quantitative estimate of drug-likeness (QED) is 0.870. The molecule has 1 aliphatic rings. The summed E-state index contributed by atoms with van der Waals surface area (Å²) in [6, 6.07) is 5.04. The first-order chi connectivity index (χ1) is 9.48. The lowest BCUT2D eigenvalue weighted by Crippen LogP contribution is -2.46. The fourth-order valence-corrected chi connectivity index (χ4v) is 3.84. The van der Waals surface area contributed by atoms with E-state index in [4.69, 9.17) is 14.6 Å². The molecule has 1 aromatic rings.